The van der Waals surface area contributed by atoms with Gasteiger partial charge in [0, 0.05) is 42.7 Å². The first-order valence-electron chi connectivity index (χ1n) is 11.6. The van der Waals surface area contributed by atoms with Gasteiger partial charge in [-0.05, 0) is 37.0 Å². The number of pyridine rings is 1. The summed E-state index contributed by atoms with van der Waals surface area (Å²) in [5.74, 6) is 2.48. The average Bonchev–Trinajstić information content (AvgIpc) is 2.90. The van der Waals surface area contributed by atoms with E-state index in [1.807, 2.05) is 36.4 Å². The number of anilines is 2. The Bertz CT molecular complexity index is 1380. The standard InChI is InChI=1S/C26H28N6O3/c1-34-21-13-19-20(14-22(21)35-2)30-26(31-24(19)27)32-11-8-16(9-12-32)15-29-25(33)18-7-3-5-17-6-4-10-28-23(17)18/h3-7,10,13-14,16H,8-9,11-12,15H2,1-2H3,(H,29,33)(H2,27,30,31). The van der Waals surface area contributed by atoms with Crippen LogP contribution in [0.15, 0.2) is 48.7 Å². The fourth-order valence-electron chi connectivity index (χ4n) is 4.56. The number of amides is 1. The zero-order chi connectivity index (χ0) is 24.4. The number of benzene rings is 2. The fraction of sp³-hybridized carbons (Fsp3) is 0.308. The van der Waals surface area contributed by atoms with Gasteiger partial charge in [0.25, 0.3) is 5.91 Å². The largest absolute Gasteiger partial charge is 0.493 e. The van der Waals surface area contributed by atoms with Crippen molar-refractivity contribution in [1.29, 1.82) is 0 Å². The van der Waals surface area contributed by atoms with Crippen LogP contribution in [0.2, 0.25) is 0 Å². The lowest BCUT2D eigenvalue weighted by molar-refractivity contribution is 0.0946. The van der Waals surface area contributed by atoms with Crippen LogP contribution in [-0.2, 0) is 0 Å². The Morgan fingerprint density at radius 2 is 1.83 bits per heavy atom. The van der Waals surface area contributed by atoms with Gasteiger partial charge in [-0.1, -0.05) is 18.2 Å². The smallest absolute Gasteiger partial charge is 0.253 e. The number of hydrogen-bond acceptors (Lipinski definition) is 8. The van der Waals surface area contributed by atoms with Crippen LogP contribution in [0.3, 0.4) is 0 Å². The lowest BCUT2D eigenvalue weighted by atomic mass is 9.97. The number of aromatic nitrogens is 3. The van der Waals surface area contributed by atoms with E-state index in [4.69, 9.17) is 20.2 Å². The summed E-state index contributed by atoms with van der Waals surface area (Å²) in [7, 11) is 3.18. The maximum atomic E-state index is 12.8. The molecule has 9 heteroatoms. The molecule has 1 fully saturated rings. The highest BCUT2D eigenvalue weighted by Gasteiger charge is 2.23. The lowest BCUT2D eigenvalue weighted by Crippen LogP contribution is -2.39. The van der Waals surface area contributed by atoms with Crippen molar-refractivity contribution in [3.05, 3.63) is 54.2 Å². The molecule has 0 unspecified atom stereocenters. The second-order valence-corrected chi connectivity index (χ2v) is 8.65. The zero-order valence-corrected chi connectivity index (χ0v) is 19.8. The summed E-state index contributed by atoms with van der Waals surface area (Å²) in [6.45, 7) is 2.19. The lowest BCUT2D eigenvalue weighted by Gasteiger charge is -2.32. The van der Waals surface area contributed by atoms with Crippen LogP contribution in [0.1, 0.15) is 23.2 Å². The molecule has 1 aliphatic heterocycles. The summed E-state index contributed by atoms with van der Waals surface area (Å²) >= 11 is 0. The highest BCUT2D eigenvalue weighted by Crippen LogP contribution is 2.34. The Kier molecular flexibility index (Phi) is 6.22. The van der Waals surface area contributed by atoms with Crippen molar-refractivity contribution in [3.8, 4) is 11.5 Å². The van der Waals surface area contributed by atoms with Crippen LogP contribution in [-0.4, -0.2) is 54.7 Å². The van der Waals surface area contributed by atoms with E-state index in [1.165, 1.54) is 0 Å². The maximum absolute atomic E-state index is 12.8. The van der Waals surface area contributed by atoms with Crippen molar-refractivity contribution in [1.82, 2.24) is 20.3 Å². The Hall–Kier alpha value is -4.14. The number of carbonyl (C=O) groups is 1. The third-order valence-corrected chi connectivity index (χ3v) is 6.54. The van der Waals surface area contributed by atoms with Crippen molar-refractivity contribution >= 4 is 39.5 Å². The van der Waals surface area contributed by atoms with Gasteiger partial charge in [-0.2, -0.15) is 4.98 Å². The summed E-state index contributed by atoms with van der Waals surface area (Å²) < 4.78 is 10.8. The monoisotopic (exact) mass is 472 g/mol. The van der Waals surface area contributed by atoms with Gasteiger partial charge >= 0.3 is 0 Å². The topological polar surface area (TPSA) is 115 Å². The maximum Gasteiger partial charge on any atom is 0.253 e. The molecule has 0 aliphatic carbocycles. The van der Waals surface area contributed by atoms with E-state index in [0.717, 1.165) is 42.2 Å². The molecule has 4 aromatic rings. The number of piperidine rings is 1. The summed E-state index contributed by atoms with van der Waals surface area (Å²) in [6.07, 6.45) is 3.55. The number of methoxy groups -OCH3 is 2. The first-order valence-corrected chi connectivity index (χ1v) is 11.6. The summed E-state index contributed by atoms with van der Waals surface area (Å²) in [5.41, 5.74) is 8.30. The SMILES string of the molecule is COc1cc2nc(N3CCC(CNC(=O)c4cccc5cccnc45)CC3)nc(N)c2cc1OC. The fourth-order valence-corrected chi connectivity index (χ4v) is 4.56. The predicted molar refractivity (Wildman–Crippen MR) is 136 cm³/mol. The van der Waals surface area contributed by atoms with E-state index in [-0.39, 0.29) is 5.91 Å². The number of nitrogens with one attached hydrogen (secondary N) is 1. The van der Waals surface area contributed by atoms with Crippen molar-refractivity contribution in [2.45, 2.75) is 12.8 Å². The molecule has 3 N–H and O–H groups in total. The van der Waals surface area contributed by atoms with Gasteiger partial charge < -0.3 is 25.4 Å². The van der Waals surface area contributed by atoms with Gasteiger partial charge in [0.15, 0.2) is 11.5 Å². The number of rotatable bonds is 6. The summed E-state index contributed by atoms with van der Waals surface area (Å²) in [4.78, 5) is 28.6. The molecule has 1 amide bonds. The van der Waals surface area contributed by atoms with Crippen LogP contribution in [0, 0.1) is 5.92 Å². The molecule has 9 nitrogen and oxygen atoms in total. The van der Waals surface area contributed by atoms with Crippen molar-refractivity contribution in [3.63, 3.8) is 0 Å². The normalized spacial score (nSPS) is 14.3. The average molecular weight is 473 g/mol. The van der Waals surface area contributed by atoms with Crippen molar-refractivity contribution in [2.24, 2.45) is 5.92 Å². The molecule has 3 heterocycles. The molecule has 0 spiro atoms. The highest BCUT2D eigenvalue weighted by molar-refractivity contribution is 6.05. The third-order valence-electron chi connectivity index (χ3n) is 6.54. The first kappa shape index (κ1) is 22.6. The number of nitrogens with two attached hydrogens (primary N) is 1. The summed E-state index contributed by atoms with van der Waals surface area (Å²) in [6, 6.07) is 13.1. The number of nitrogens with zero attached hydrogens (tertiary/aromatic N) is 4. The number of para-hydroxylation sites is 1. The second-order valence-electron chi connectivity index (χ2n) is 8.65. The summed E-state index contributed by atoms with van der Waals surface area (Å²) in [5, 5.41) is 4.78. The molecule has 0 radical (unpaired) electrons. The van der Waals surface area contributed by atoms with Gasteiger partial charge in [0.2, 0.25) is 5.95 Å². The Morgan fingerprint density at radius 3 is 2.60 bits per heavy atom. The molecular formula is C26H28N6O3. The minimum atomic E-state index is -0.0910. The van der Waals surface area contributed by atoms with Crippen LogP contribution < -0.4 is 25.4 Å². The molecule has 2 aromatic heterocycles. The van der Waals surface area contributed by atoms with E-state index in [1.54, 1.807) is 26.5 Å². The molecule has 0 atom stereocenters. The van der Waals surface area contributed by atoms with Crippen molar-refractivity contribution in [2.75, 3.05) is 44.5 Å². The third kappa shape index (κ3) is 4.49. The van der Waals surface area contributed by atoms with E-state index < -0.39 is 0 Å². The Labute approximate surface area is 203 Å². The van der Waals surface area contributed by atoms with Gasteiger partial charge in [0.1, 0.15) is 5.82 Å². The highest BCUT2D eigenvalue weighted by atomic mass is 16.5. The number of fused-ring (bicyclic) bond motifs is 2. The van der Waals surface area contributed by atoms with E-state index in [0.29, 0.717) is 46.8 Å². The number of nitrogen functional groups attached to an aromatic ring is 1. The molecule has 0 saturated carbocycles. The zero-order valence-electron chi connectivity index (χ0n) is 19.8. The second kappa shape index (κ2) is 9.61. The molecule has 2 aromatic carbocycles. The van der Waals surface area contributed by atoms with Crippen LogP contribution in [0.25, 0.3) is 21.8 Å². The van der Waals surface area contributed by atoms with Crippen LogP contribution >= 0.6 is 0 Å². The number of carbonyl (C=O) groups excluding carboxylic acids is 1. The van der Waals surface area contributed by atoms with Crippen LogP contribution in [0.4, 0.5) is 11.8 Å². The molecule has 1 saturated heterocycles. The first-order chi connectivity index (χ1) is 17.1. The van der Waals surface area contributed by atoms with E-state index in [9.17, 15) is 4.79 Å². The van der Waals surface area contributed by atoms with Gasteiger partial charge in [-0.15, -0.1) is 0 Å². The Morgan fingerprint density at radius 1 is 1.09 bits per heavy atom. The van der Waals surface area contributed by atoms with E-state index >= 15 is 0 Å². The van der Waals surface area contributed by atoms with Crippen LogP contribution in [0.5, 0.6) is 11.5 Å². The van der Waals surface area contributed by atoms with Gasteiger partial charge in [-0.3, -0.25) is 9.78 Å². The van der Waals surface area contributed by atoms with Crippen molar-refractivity contribution < 1.29 is 14.3 Å². The molecule has 35 heavy (non-hydrogen) atoms. The molecular weight excluding hydrogens is 444 g/mol. The quantitative estimate of drug-likeness (QED) is 0.439. The predicted octanol–water partition coefficient (Wildman–Crippen LogP) is 3.42. The number of hydrogen-bond donors (Lipinski definition) is 2. The molecule has 5 rings (SSSR count). The molecule has 1 aliphatic rings. The number of ether oxygens (including phenoxy) is 2. The molecule has 0 bridgehead atoms. The van der Waals surface area contributed by atoms with Gasteiger partial charge in [-0.25, -0.2) is 4.98 Å². The van der Waals surface area contributed by atoms with Gasteiger partial charge in [0.05, 0.1) is 30.8 Å². The van der Waals surface area contributed by atoms with E-state index in [2.05, 4.69) is 20.2 Å². The molecule has 180 valence electrons. The minimum Gasteiger partial charge on any atom is -0.493 e. The minimum absolute atomic E-state index is 0.0910. The Balaban J connectivity index is 1.23.